The van der Waals surface area contributed by atoms with Crippen LogP contribution in [0.2, 0.25) is 4.34 Å². The monoisotopic (exact) mass is 551 g/mol. The number of likely N-dealkylation sites (tertiary alicyclic amines) is 2. The summed E-state index contributed by atoms with van der Waals surface area (Å²) in [6, 6.07) is 6.90. The summed E-state index contributed by atoms with van der Waals surface area (Å²) < 4.78 is 28.0. The van der Waals surface area contributed by atoms with Crippen LogP contribution in [0.4, 0.5) is 5.82 Å². The average Bonchev–Trinajstić information content (AvgIpc) is 3.50. The Morgan fingerprint density at radius 3 is 2.69 bits per heavy atom. The van der Waals surface area contributed by atoms with Gasteiger partial charge in [-0.05, 0) is 56.0 Å². The SMILES string of the molecule is O=C(Nc1ccccn1)[C@@H]1CCCN1C(=O)CN1CCC[C@H](NS(=O)(=O)C=Cc2ccc(Cl)s2)C1=O. The number of carbonyl (C=O) groups is 3. The van der Waals surface area contributed by atoms with E-state index in [0.29, 0.717) is 53.8 Å². The molecule has 0 aliphatic carbocycles. The van der Waals surface area contributed by atoms with Crippen molar-refractivity contribution in [3.05, 3.63) is 51.2 Å². The zero-order valence-corrected chi connectivity index (χ0v) is 21.7. The van der Waals surface area contributed by atoms with Crippen LogP contribution in [0, 0.1) is 0 Å². The molecule has 0 aromatic carbocycles. The summed E-state index contributed by atoms with van der Waals surface area (Å²) in [5.74, 6) is -0.729. The standard InChI is InChI=1S/C23H26ClN5O5S2/c24-19-9-8-16(35-19)10-14-36(33,34)27-17-5-3-12-28(23(17)32)15-21(30)29-13-4-6-18(29)22(31)26-20-7-1-2-11-25-20/h1-2,7-11,14,17-18,27H,3-6,12-13,15H2,(H,25,26,31)/t17-,18-/m0/s1. The van der Waals surface area contributed by atoms with Crippen molar-refractivity contribution in [2.75, 3.05) is 25.0 Å². The van der Waals surface area contributed by atoms with Crippen molar-refractivity contribution < 1.29 is 22.8 Å². The molecule has 2 aliphatic heterocycles. The number of thiophene rings is 1. The first kappa shape index (κ1) is 26.3. The lowest BCUT2D eigenvalue weighted by Crippen LogP contribution is -2.55. The quantitative estimate of drug-likeness (QED) is 0.518. The molecule has 2 aromatic heterocycles. The fourth-order valence-corrected chi connectivity index (χ4v) is 6.33. The highest BCUT2D eigenvalue weighted by Gasteiger charge is 2.37. The molecule has 2 aromatic rings. The van der Waals surface area contributed by atoms with Gasteiger partial charge >= 0.3 is 0 Å². The molecule has 13 heteroatoms. The van der Waals surface area contributed by atoms with Crippen molar-refractivity contribution in [2.45, 2.75) is 37.8 Å². The summed E-state index contributed by atoms with van der Waals surface area (Å²) in [6.45, 7) is 0.535. The fraction of sp³-hybridized carbons (Fsp3) is 0.391. The number of hydrogen-bond donors (Lipinski definition) is 2. The Labute approximate surface area is 218 Å². The number of carbonyl (C=O) groups excluding carboxylic acids is 3. The lowest BCUT2D eigenvalue weighted by molar-refractivity contribution is -0.144. The van der Waals surface area contributed by atoms with Gasteiger partial charge in [0.25, 0.3) is 0 Å². The lowest BCUT2D eigenvalue weighted by Gasteiger charge is -2.33. The van der Waals surface area contributed by atoms with E-state index >= 15 is 0 Å². The molecule has 0 unspecified atom stereocenters. The number of sulfonamides is 1. The summed E-state index contributed by atoms with van der Waals surface area (Å²) in [7, 11) is -3.89. The third-order valence-electron chi connectivity index (χ3n) is 5.96. The molecule has 2 atom stereocenters. The van der Waals surface area contributed by atoms with Gasteiger partial charge in [0.2, 0.25) is 27.7 Å². The number of rotatable bonds is 8. The Balaban J connectivity index is 1.35. The smallest absolute Gasteiger partial charge is 0.248 e. The van der Waals surface area contributed by atoms with Gasteiger partial charge in [-0.1, -0.05) is 17.7 Å². The van der Waals surface area contributed by atoms with Crippen molar-refractivity contribution in [2.24, 2.45) is 0 Å². The van der Waals surface area contributed by atoms with Crippen LogP contribution in [0.3, 0.4) is 0 Å². The fourth-order valence-electron chi connectivity index (χ4n) is 4.26. The topological polar surface area (TPSA) is 129 Å². The molecule has 2 N–H and O–H groups in total. The van der Waals surface area contributed by atoms with Gasteiger partial charge in [-0.25, -0.2) is 13.4 Å². The predicted molar refractivity (Wildman–Crippen MR) is 138 cm³/mol. The molecule has 0 spiro atoms. The number of piperidine rings is 1. The number of aromatic nitrogens is 1. The van der Waals surface area contributed by atoms with E-state index in [-0.39, 0.29) is 18.4 Å². The van der Waals surface area contributed by atoms with Crippen LogP contribution < -0.4 is 10.0 Å². The highest BCUT2D eigenvalue weighted by Crippen LogP contribution is 2.23. The summed E-state index contributed by atoms with van der Waals surface area (Å²) in [4.78, 5) is 46.4. The van der Waals surface area contributed by atoms with Crippen LogP contribution in [-0.4, -0.2) is 72.6 Å². The Morgan fingerprint density at radius 1 is 1.17 bits per heavy atom. The highest BCUT2D eigenvalue weighted by atomic mass is 35.5. The zero-order valence-electron chi connectivity index (χ0n) is 19.3. The van der Waals surface area contributed by atoms with Gasteiger partial charge in [0.05, 0.1) is 10.9 Å². The molecule has 2 aliphatic rings. The van der Waals surface area contributed by atoms with E-state index in [1.165, 1.54) is 27.2 Å². The van der Waals surface area contributed by atoms with Gasteiger partial charge in [0, 0.05) is 29.6 Å². The van der Waals surface area contributed by atoms with Gasteiger partial charge < -0.3 is 15.1 Å². The zero-order chi connectivity index (χ0) is 25.7. The highest BCUT2D eigenvalue weighted by molar-refractivity contribution is 7.92. The Kier molecular flexibility index (Phi) is 8.39. The molecule has 4 rings (SSSR count). The van der Waals surface area contributed by atoms with E-state index in [4.69, 9.17) is 11.6 Å². The van der Waals surface area contributed by atoms with E-state index in [2.05, 4.69) is 15.0 Å². The molecule has 0 bridgehead atoms. The third kappa shape index (κ3) is 6.69. The molecule has 4 heterocycles. The number of hydrogen-bond acceptors (Lipinski definition) is 7. The number of nitrogens with zero attached hydrogens (tertiary/aromatic N) is 3. The van der Waals surface area contributed by atoms with Crippen LogP contribution in [0.25, 0.3) is 6.08 Å². The summed E-state index contributed by atoms with van der Waals surface area (Å²) in [5.41, 5.74) is 0. The van der Waals surface area contributed by atoms with E-state index in [1.807, 2.05) is 0 Å². The molecule has 0 saturated carbocycles. The number of nitrogens with one attached hydrogen (secondary N) is 2. The van der Waals surface area contributed by atoms with Gasteiger partial charge in [-0.2, -0.15) is 4.72 Å². The van der Waals surface area contributed by atoms with Crippen LogP contribution in [0.15, 0.2) is 41.9 Å². The van der Waals surface area contributed by atoms with Crippen molar-refractivity contribution in [1.29, 1.82) is 0 Å². The summed E-state index contributed by atoms with van der Waals surface area (Å²) >= 11 is 7.10. The van der Waals surface area contributed by atoms with Crippen molar-refractivity contribution in [3.63, 3.8) is 0 Å². The minimum absolute atomic E-state index is 0.214. The number of amides is 3. The molecule has 10 nitrogen and oxygen atoms in total. The van der Waals surface area contributed by atoms with E-state index in [9.17, 15) is 22.8 Å². The van der Waals surface area contributed by atoms with Gasteiger partial charge in [0.15, 0.2) is 0 Å². The number of halogens is 1. The Bertz CT molecular complexity index is 1250. The molecule has 192 valence electrons. The first-order valence-corrected chi connectivity index (χ1v) is 14.2. The van der Waals surface area contributed by atoms with Crippen molar-refractivity contribution in [1.82, 2.24) is 19.5 Å². The molecule has 3 amide bonds. The normalized spacial score (nSPS) is 20.8. The Morgan fingerprint density at radius 2 is 1.97 bits per heavy atom. The maximum absolute atomic E-state index is 13.1. The van der Waals surface area contributed by atoms with E-state index in [0.717, 1.165) is 5.41 Å². The summed E-state index contributed by atoms with van der Waals surface area (Å²) in [5, 5.41) is 3.73. The van der Waals surface area contributed by atoms with Crippen molar-refractivity contribution in [3.8, 4) is 0 Å². The summed E-state index contributed by atoms with van der Waals surface area (Å²) in [6.07, 6.45) is 5.04. The van der Waals surface area contributed by atoms with Crippen molar-refractivity contribution >= 4 is 62.6 Å². The molecule has 2 saturated heterocycles. The third-order valence-corrected chi connectivity index (χ3v) is 8.26. The van der Waals surface area contributed by atoms with Gasteiger partial charge in [0.1, 0.15) is 17.9 Å². The first-order valence-electron chi connectivity index (χ1n) is 11.5. The number of anilines is 1. The lowest BCUT2D eigenvalue weighted by atomic mass is 10.1. The van der Waals surface area contributed by atoms with Gasteiger partial charge in [-0.15, -0.1) is 11.3 Å². The molecule has 0 radical (unpaired) electrons. The first-order chi connectivity index (χ1) is 17.2. The maximum Gasteiger partial charge on any atom is 0.248 e. The Hall–Kier alpha value is -2.80. The molecule has 36 heavy (non-hydrogen) atoms. The van der Waals surface area contributed by atoms with Crippen LogP contribution >= 0.6 is 22.9 Å². The van der Waals surface area contributed by atoms with Gasteiger partial charge in [-0.3, -0.25) is 14.4 Å². The van der Waals surface area contributed by atoms with Crippen LogP contribution in [0.1, 0.15) is 30.6 Å². The minimum atomic E-state index is -3.89. The minimum Gasteiger partial charge on any atom is -0.332 e. The second-order valence-electron chi connectivity index (χ2n) is 8.51. The molecule has 2 fully saturated rings. The van der Waals surface area contributed by atoms with Crippen LogP contribution in [-0.2, 0) is 24.4 Å². The second kappa shape index (κ2) is 11.5. The second-order valence-corrected chi connectivity index (χ2v) is 11.9. The largest absolute Gasteiger partial charge is 0.332 e. The van der Waals surface area contributed by atoms with E-state index in [1.54, 1.807) is 36.5 Å². The predicted octanol–water partition coefficient (Wildman–Crippen LogP) is 2.31. The molecular formula is C23H26ClN5O5S2. The average molecular weight is 552 g/mol. The van der Waals surface area contributed by atoms with Crippen LogP contribution in [0.5, 0.6) is 0 Å². The molecular weight excluding hydrogens is 526 g/mol. The van der Waals surface area contributed by atoms with E-state index < -0.39 is 28.0 Å². The number of pyridine rings is 1. The maximum atomic E-state index is 13.1.